The Morgan fingerprint density at radius 1 is 1.50 bits per heavy atom. The van der Waals surface area contributed by atoms with Gasteiger partial charge in [0, 0.05) is 21.2 Å². The molecule has 0 amide bonds. The first-order chi connectivity index (χ1) is 6.77. The summed E-state index contributed by atoms with van der Waals surface area (Å²) in [5, 5.41) is 12.4. The minimum absolute atomic E-state index is 0.00821. The van der Waals surface area contributed by atoms with Crippen molar-refractivity contribution in [2.24, 2.45) is 0 Å². The Morgan fingerprint density at radius 2 is 2.29 bits per heavy atom. The van der Waals surface area contributed by atoms with E-state index in [2.05, 4.69) is 11.6 Å². The number of hydrogen-bond donors (Lipinski definition) is 2. The molecule has 2 aromatic rings. The van der Waals surface area contributed by atoms with Crippen molar-refractivity contribution in [1.29, 1.82) is 0 Å². The van der Waals surface area contributed by atoms with Gasteiger partial charge in [-0.3, -0.25) is 0 Å². The summed E-state index contributed by atoms with van der Waals surface area (Å²) in [5.41, 5.74) is 7.47. The monoisotopic (exact) mass is 225 g/mol. The van der Waals surface area contributed by atoms with Crippen LogP contribution in [-0.4, -0.2) is 11.4 Å². The summed E-state index contributed by atoms with van der Waals surface area (Å²) < 4.78 is 1.08. The predicted octanol–water partition coefficient (Wildman–Crippen LogP) is 2.70. The van der Waals surface area contributed by atoms with Gasteiger partial charge in [-0.2, -0.15) is 0 Å². The van der Waals surface area contributed by atoms with Crippen LogP contribution in [0.3, 0.4) is 0 Å². The third kappa shape index (κ3) is 1.39. The van der Waals surface area contributed by atoms with Gasteiger partial charge in [0.25, 0.3) is 0 Å². The molecule has 0 atom stereocenters. The molecule has 0 bridgehead atoms. The number of aliphatic hydroxyl groups is 1. The van der Waals surface area contributed by atoms with Gasteiger partial charge >= 0.3 is 0 Å². The lowest BCUT2D eigenvalue weighted by molar-refractivity contribution is 0.282. The van der Waals surface area contributed by atoms with E-state index in [9.17, 15) is 0 Å². The molecule has 1 aromatic carbocycles. The summed E-state index contributed by atoms with van der Waals surface area (Å²) in [4.78, 5) is 1.25. The SMILES string of the molecule is CSc1csc2c(N)c(CO)ccc12. The first-order valence-corrected chi connectivity index (χ1v) is 6.31. The Kier molecular flexibility index (Phi) is 2.67. The molecular weight excluding hydrogens is 214 g/mol. The van der Waals surface area contributed by atoms with Crippen LogP contribution in [0.2, 0.25) is 0 Å². The predicted molar refractivity (Wildman–Crippen MR) is 63.9 cm³/mol. The van der Waals surface area contributed by atoms with Crippen molar-refractivity contribution in [2.45, 2.75) is 11.5 Å². The summed E-state index contributed by atoms with van der Waals surface area (Å²) in [5.74, 6) is 0. The minimum atomic E-state index is 0.00821. The van der Waals surface area contributed by atoms with Crippen LogP contribution in [0.4, 0.5) is 5.69 Å². The lowest BCUT2D eigenvalue weighted by atomic mass is 10.1. The van der Waals surface area contributed by atoms with Crippen molar-refractivity contribution in [3.8, 4) is 0 Å². The van der Waals surface area contributed by atoms with E-state index in [0.717, 1.165) is 16.0 Å². The molecule has 0 radical (unpaired) electrons. The van der Waals surface area contributed by atoms with Crippen molar-refractivity contribution in [3.05, 3.63) is 23.1 Å². The Morgan fingerprint density at radius 3 is 2.93 bits per heavy atom. The standard InChI is InChI=1S/C10H11NOS2/c1-13-8-5-14-10-7(8)3-2-6(4-12)9(10)11/h2-3,5,12H,4,11H2,1H3. The first-order valence-electron chi connectivity index (χ1n) is 4.21. The molecular formula is C10H11NOS2. The van der Waals surface area contributed by atoms with E-state index >= 15 is 0 Å². The maximum atomic E-state index is 9.06. The van der Waals surface area contributed by atoms with Gasteiger partial charge in [0.1, 0.15) is 0 Å². The number of fused-ring (bicyclic) bond motifs is 1. The average molecular weight is 225 g/mol. The van der Waals surface area contributed by atoms with Crippen molar-refractivity contribution in [2.75, 3.05) is 12.0 Å². The highest BCUT2D eigenvalue weighted by Gasteiger charge is 2.08. The quantitative estimate of drug-likeness (QED) is 0.610. The van der Waals surface area contributed by atoms with Gasteiger partial charge in [0.2, 0.25) is 0 Å². The highest BCUT2D eigenvalue weighted by atomic mass is 32.2. The number of rotatable bonds is 2. The van der Waals surface area contributed by atoms with E-state index < -0.39 is 0 Å². The molecule has 2 rings (SSSR count). The molecule has 0 fully saturated rings. The minimum Gasteiger partial charge on any atom is -0.397 e. The van der Waals surface area contributed by atoms with E-state index in [0.29, 0.717) is 0 Å². The highest BCUT2D eigenvalue weighted by molar-refractivity contribution is 7.99. The van der Waals surface area contributed by atoms with E-state index in [-0.39, 0.29) is 6.61 Å². The summed E-state index contributed by atoms with van der Waals surface area (Å²) in [6.07, 6.45) is 2.05. The molecule has 4 heteroatoms. The molecule has 14 heavy (non-hydrogen) atoms. The van der Waals surface area contributed by atoms with Crippen molar-refractivity contribution >= 4 is 38.9 Å². The van der Waals surface area contributed by atoms with Crippen LogP contribution < -0.4 is 5.73 Å². The van der Waals surface area contributed by atoms with E-state index in [1.165, 1.54) is 10.3 Å². The van der Waals surface area contributed by atoms with Gasteiger partial charge in [0.15, 0.2) is 0 Å². The second-order valence-corrected chi connectivity index (χ2v) is 4.70. The van der Waals surface area contributed by atoms with Crippen LogP contribution in [-0.2, 0) is 6.61 Å². The highest BCUT2D eigenvalue weighted by Crippen LogP contribution is 2.36. The van der Waals surface area contributed by atoms with Crippen molar-refractivity contribution in [1.82, 2.24) is 0 Å². The Balaban J connectivity index is 2.72. The largest absolute Gasteiger partial charge is 0.397 e. The Bertz CT molecular complexity index is 464. The zero-order valence-electron chi connectivity index (χ0n) is 7.78. The normalized spacial score (nSPS) is 11.0. The van der Waals surface area contributed by atoms with Crippen LogP contribution >= 0.6 is 23.1 Å². The van der Waals surface area contributed by atoms with Crippen LogP contribution in [0.5, 0.6) is 0 Å². The molecule has 0 aliphatic carbocycles. The molecule has 0 aliphatic rings. The number of benzene rings is 1. The van der Waals surface area contributed by atoms with E-state index in [1.807, 2.05) is 12.1 Å². The molecule has 1 heterocycles. The number of aliphatic hydroxyl groups excluding tert-OH is 1. The number of nitrogen functional groups attached to an aromatic ring is 1. The molecule has 0 aliphatic heterocycles. The van der Waals surface area contributed by atoms with Gasteiger partial charge in [-0.25, -0.2) is 0 Å². The van der Waals surface area contributed by atoms with Crippen molar-refractivity contribution in [3.63, 3.8) is 0 Å². The van der Waals surface area contributed by atoms with Gasteiger partial charge in [0.05, 0.1) is 17.0 Å². The van der Waals surface area contributed by atoms with Crippen LogP contribution in [0.15, 0.2) is 22.4 Å². The average Bonchev–Trinajstić information content (AvgIpc) is 2.62. The van der Waals surface area contributed by atoms with Crippen LogP contribution in [0, 0.1) is 0 Å². The molecule has 1 aromatic heterocycles. The third-order valence-corrected chi connectivity index (χ3v) is 4.18. The summed E-state index contributed by atoms with van der Waals surface area (Å²) in [7, 11) is 0. The summed E-state index contributed by atoms with van der Waals surface area (Å²) in [6.45, 7) is 0.00821. The first kappa shape index (κ1) is 9.83. The maximum absolute atomic E-state index is 9.06. The fourth-order valence-electron chi connectivity index (χ4n) is 1.43. The van der Waals surface area contributed by atoms with E-state index in [4.69, 9.17) is 10.8 Å². The van der Waals surface area contributed by atoms with Crippen LogP contribution in [0.1, 0.15) is 5.56 Å². The Hall–Kier alpha value is -0.710. The summed E-state index contributed by atoms with van der Waals surface area (Å²) >= 11 is 3.36. The Labute approximate surface area is 90.7 Å². The van der Waals surface area contributed by atoms with Gasteiger partial charge in [-0.05, 0) is 6.26 Å². The molecule has 0 saturated carbocycles. The van der Waals surface area contributed by atoms with Gasteiger partial charge in [-0.1, -0.05) is 12.1 Å². The number of thiophene rings is 1. The second kappa shape index (κ2) is 3.81. The fourth-order valence-corrected chi connectivity index (χ4v) is 3.33. The van der Waals surface area contributed by atoms with Crippen LogP contribution in [0.25, 0.3) is 10.1 Å². The molecule has 2 nitrogen and oxygen atoms in total. The number of hydrogen-bond acceptors (Lipinski definition) is 4. The summed E-state index contributed by atoms with van der Waals surface area (Å²) in [6, 6.07) is 3.92. The second-order valence-electron chi connectivity index (χ2n) is 2.98. The van der Waals surface area contributed by atoms with E-state index in [1.54, 1.807) is 23.1 Å². The molecule has 0 spiro atoms. The van der Waals surface area contributed by atoms with Gasteiger partial charge < -0.3 is 10.8 Å². The van der Waals surface area contributed by atoms with Gasteiger partial charge in [-0.15, -0.1) is 23.1 Å². The lowest BCUT2D eigenvalue weighted by Crippen LogP contribution is -1.93. The topological polar surface area (TPSA) is 46.2 Å². The maximum Gasteiger partial charge on any atom is 0.0702 e. The molecule has 0 saturated heterocycles. The number of nitrogens with two attached hydrogens (primary N) is 1. The molecule has 0 unspecified atom stereocenters. The number of thioether (sulfide) groups is 1. The molecule has 74 valence electrons. The third-order valence-electron chi connectivity index (χ3n) is 2.23. The zero-order valence-corrected chi connectivity index (χ0v) is 9.41. The molecule has 3 N–H and O–H groups in total. The fraction of sp³-hybridized carbons (Fsp3) is 0.200. The van der Waals surface area contributed by atoms with Crippen molar-refractivity contribution < 1.29 is 5.11 Å². The smallest absolute Gasteiger partial charge is 0.0702 e. The lowest BCUT2D eigenvalue weighted by Gasteiger charge is -2.03. The number of anilines is 1. The zero-order chi connectivity index (χ0) is 10.1.